The quantitative estimate of drug-likeness (QED) is 0.311. The molecule has 1 saturated heterocycles. The summed E-state index contributed by atoms with van der Waals surface area (Å²) in [4.78, 5) is 39.0. The monoisotopic (exact) mass is 526 g/mol. The maximum atomic E-state index is 13.2. The standard InChI is InChI=1S/C20H35IN2O6/c1-19(2,3)28-15(21)11-10-13(22-18(26)29-20(4,5)6)16(24)23-12-8-9-14(23)17(25)27-7/h13-15H,8-12H2,1-7H3,(H,22,26). The molecule has 0 radical (unpaired) electrons. The molecule has 3 atom stereocenters. The van der Waals surface area contributed by atoms with Crippen LogP contribution in [0, 0.1) is 0 Å². The van der Waals surface area contributed by atoms with Crippen molar-refractivity contribution in [2.24, 2.45) is 0 Å². The SMILES string of the molecule is COC(=O)C1CCCN1C(=O)C(CCC(I)OC(C)(C)C)NC(=O)OC(C)(C)C. The zero-order valence-corrected chi connectivity index (χ0v) is 20.7. The van der Waals surface area contributed by atoms with Crippen molar-refractivity contribution in [3.8, 4) is 0 Å². The molecular formula is C20H35IN2O6. The first-order chi connectivity index (χ1) is 13.2. The van der Waals surface area contributed by atoms with E-state index in [0.29, 0.717) is 32.2 Å². The second-order valence-electron chi connectivity index (χ2n) is 9.13. The molecule has 0 saturated carbocycles. The Bertz CT molecular complexity index is 585. The number of halogens is 1. The number of carbonyl (C=O) groups is 3. The van der Waals surface area contributed by atoms with E-state index in [9.17, 15) is 14.4 Å². The Morgan fingerprint density at radius 3 is 2.24 bits per heavy atom. The Morgan fingerprint density at radius 1 is 1.10 bits per heavy atom. The molecule has 0 aliphatic carbocycles. The summed E-state index contributed by atoms with van der Waals surface area (Å²) >= 11 is 2.18. The van der Waals surface area contributed by atoms with Crippen molar-refractivity contribution < 1.29 is 28.6 Å². The molecule has 9 heteroatoms. The zero-order valence-electron chi connectivity index (χ0n) is 18.5. The number of alkyl carbamates (subject to hydrolysis) is 1. The zero-order chi connectivity index (χ0) is 22.4. The van der Waals surface area contributed by atoms with Crippen LogP contribution in [0.3, 0.4) is 0 Å². The molecule has 8 nitrogen and oxygen atoms in total. The summed E-state index contributed by atoms with van der Waals surface area (Å²) in [7, 11) is 1.31. The number of nitrogens with zero attached hydrogens (tertiary/aromatic N) is 1. The third kappa shape index (κ3) is 9.50. The number of ether oxygens (including phenoxy) is 3. The first-order valence-corrected chi connectivity index (χ1v) is 11.2. The number of carbonyl (C=O) groups excluding carboxylic acids is 3. The summed E-state index contributed by atoms with van der Waals surface area (Å²) in [5.74, 6) is -0.738. The summed E-state index contributed by atoms with van der Waals surface area (Å²) in [6.45, 7) is 11.6. The highest BCUT2D eigenvalue weighted by Crippen LogP contribution is 2.23. The highest BCUT2D eigenvalue weighted by Gasteiger charge is 2.38. The number of nitrogens with one attached hydrogen (secondary N) is 1. The van der Waals surface area contributed by atoms with Gasteiger partial charge >= 0.3 is 12.1 Å². The molecule has 1 aliphatic heterocycles. The summed E-state index contributed by atoms with van der Waals surface area (Å²) in [5.41, 5.74) is -0.990. The maximum absolute atomic E-state index is 13.2. The predicted molar refractivity (Wildman–Crippen MR) is 118 cm³/mol. The lowest BCUT2D eigenvalue weighted by molar-refractivity contribution is -0.151. The normalized spacial score (nSPS) is 19.4. The van der Waals surface area contributed by atoms with Crippen LogP contribution in [0.2, 0.25) is 0 Å². The van der Waals surface area contributed by atoms with Gasteiger partial charge in [-0.1, -0.05) is 22.6 Å². The maximum Gasteiger partial charge on any atom is 0.408 e. The molecule has 2 amide bonds. The fraction of sp³-hybridized carbons (Fsp3) is 0.850. The summed E-state index contributed by atoms with van der Waals surface area (Å²) in [5, 5.41) is 2.68. The number of methoxy groups -OCH3 is 1. The second-order valence-corrected chi connectivity index (χ2v) is 10.5. The van der Waals surface area contributed by atoms with E-state index in [-0.39, 0.29) is 15.6 Å². The average Bonchev–Trinajstić information content (AvgIpc) is 3.03. The van der Waals surface area contributed by atoms with Gasteiger partial charge in [0.25, 0.3) is 0 Å². The molecule has 1 N–H and O–H groups in total. The second kappa shape index (κ2) is 10.8. The van der Waals surface area contributed by atoms with Crippen molar-refractivity contribution >= 4 is 40.6 Å². The highest BCUT2D eigenvalue weighted by atomic mass is 127. The van der Waals surface area contributed by atoms with Crippen molar-refractivity contribution in [2.75, 3.05) is 13.7 Å². The van der Waals surface area contributed by atoms with Gasteiger partial charge in [-0.15, -0.1) is 0 Å². The van der Waals surface area contributed by atoms with Crippen LogP contribution in [-0.2, 0) is 23.8 Å². The lowest BCUT2D eigenvalue weighted by atomic mass is 10.1. The van der Waals surface area contributed by atoms with Crippen LogP contribution in [0.5, 0.6) is 0 Å². The molecule has 0 spiro atoms. The number of esters is 1. The molecule has 0 bridgehead atoms. The van der Waals surface area contributed by atoms with Gasteiger partial charge in [-0.2, -0.15) is 0 Å². The predicted octanol–water partition coefficient (Wildman–Crippen LogP) is 3.40. The molecular weight excluding hydrogens is 491 g/mol. The van der Waals surface area contributed by atoms with Crippen molar-refractivity contribution in [3.63, 3.8) is 0 Å². The number of amides is 2. The van der Waals surface area contributed by atoms with Gasteiger partial charge in [0, 0.05) is 6.54 Å². The number of hydrogen-bond acceptors (Lipinski definition) is 6. The van der Waals surface area contributed by atoms with E-state index in [4.69, 9.17) is 14.2 Å². The highest BCUT2D eigenvalue weighted by molar-refractivity contribution is 14.1. The minimum Gasteiger partial charge on any atom is -0.467 e. The minimum absolute atomic E-state index is 0.127. The Labute approximate surface area is 187 Å². The van der Waals surface area contributed by atoms with Crippen LogP contribution < -0.4 is 5.32 Å². The molecule has 0 aromatic rings. The number of hydrogen-bond donors (Lipinski definition) is 1. The van der Waals surface area contributed by atoms with Crippen molar-refractivity contribution in [2.45, 2.75) is 94.6 Å². The van der Waals surface area contributed by atoms with Gasteiger partial charge in [-0.3, -0.25) is 4.79 Å². The smallest absolute Gasteiger partial charge is 0.408 e. The van der Waals surface area contributed by atoms with Crippen LogP contribution in [0.25, 0.3) is 0 Å². The lowest BCUT2D eigenvalue weighted by Gasteiger charge is -2.30. The van der Waals surface area contributed by atoms with E-state index in [1.807, 2.05) is 20.8 Å². The van der Waals surface area contributed by atoms with E-state index in [2.05, 4.69) is 27.9 Å². The van der Waals surface area contributed by atoms with Gasteiger partial charge in [-0.25, -0.2) is 9.59 Å². The van der Waals surface area contributed by atoms with Crippen LogP contribution in [0.4, 0.5) is 4.79 Å². The van der Waals surface area contributed by atoms with E-state index in [1.165, 1.54) is 12.0 Å². The fourth-order valence-electron chi connectivity index (χ4n) is 3.06. The van der Waals surface area contributed by atoms with Gasteiger partial charge < -0.3 is 24.4 Å². The molecule has 1 heterocycles. The van der Waals surface area contributed by atoms with Gasteiger partial charge in [0.15, 0.2) is 0 Å². The lowest BCUT2D eigenvalue weighted by Crippen LogP contribution is -2.52. The van der Waals surface area contributed by atoms with Crippen LogP contribution in [0.15, 0.2) is 0 Å². The van der Waals surface area contributed by atoms with Crippen LogP contribution in [0.1, 0.15) is 67.2 Å². The third-order valence-electron chi connectivity index (χ3n) is 4.16. The molecule has 29 heavy (non-hydrogen) atoms. The largest absolute Gasteiger partial charge is 0.467 e. The minimum atomic E-state index is -0.809. The van der Waals surface area contributed by atoms with Gasteiger partial charge in [0.1, 0.15) is 21.8 Å². The van der Waals surface area contributed by atoms with E-state index in [1.54, 1.807) is 20.8 Å². The van der Waals surface area contributed by atoms with Crippen molar-refractivity contribution in [1.82, 2.24) is 10.2 Å². The van der Waals surface area contributed by atoms with Crippen LogP contribution >= 0.6 is 22.6 Å². The molecule has 1 rings (SSSR count). The molecule has 168 valence electrons. The number of likely N-dealkylation sites (tertiary alicyclic amines) is 1. The van der Waals surface area contributed by atoms with E-state index in [0.717, 1.165) is 0 Å². The van der Waals surface area contributed by atoms with Gasteiger partial charge in [-0.05, 0) is 67.2 Å². The van der Waals surface area contributed by atoms with Crippen molar-refractivity contribution in [3.05, 3.63) is 0 Å². The molecule has 3 unspecified atom stereocenters. The summed E-state index contributed by atoms with van der Waals surface area (Å²) < 4.78 is 15.9. The number of rotatable bonds is 7. The van der Waals surface area contributed by atoms with E-state index >= 15 is 0 Å². The first kappa shape index (κ1) is 25.9. The fourth-order valence-corrected chi connectivity index (χ4v) is 4.18. The Morgan fingerprint density at radius 2 is 1.72 bits per heavy atom. The Kier molecular flexibility index (Phi) is 9.65. The molecule has 0 aromatic heterocycles. The van der Waals surface area contributed by atoms with Gasteiger partial charge in [0.2, 0.25) is 5.91 Å². The molecule has 0 aromatic carbocycles. The van der Waals surface area contributed by atoms with Crippen LogP contribution in [-0.4, -0.2) is 63.9 Å². The number of alkyl halides is 1. The topological polar surface area (TPSA) is 94.2 Å². The van der Waals surface area contributed by atoms with Gasteiger partial charge in [0.05, 0.1) is 12.7 Å². The summed E-state index contributed by atoms with van der Waals surface area (Å²) in [6, 6.07) is -1.42. The summed E-state index contributed by atoms with van der Waals surface area (Å²) in [6.07, 6.45) is 1.53. The molecule has 1 fully saturated rings. The third-order valence-corrected chi connectivity index (χ3v) is 5.04. The Hall–Kier alpha value is -1.10. The first-order valence-electron chi connectivity index (χ1n) is 9.93. The average molecular weight is 526 g/mol. The van der Waals surface area contributed by atoms with E-state index < -0.39 is 29.7 Å². The van der Waals surface area contributed by atoms with Crippen molar-refractivity contribution in [1.29, 1.82) is 0 Å². The molecule has 1 aliphatic rings. The Balaban J connectivity index is 2.89.